The Morgan fingerprint density at radius 3 is 1.85 bits per heavy atom. The fourth-order valence-corrected chi connectivity index (χ4v) is 1.15. The van der Waals surface area contributed by atoms with Gasteiger partial charge in [-0.3, -0.25) is 4.79 Å². The third kappa shape index (κ3) is 3.21. The van der Waals surface area contributed by atoms with E-state index in [1.165, 1.54) is 12.7 Å². The monoisotopic (exact) mass is 184 g/mol. The molecule has 0 aromatic heterocycles. The molecule has 0 aromatic rings. The molecular formula is C11H20O2. The fourth-order valence-electron chi connectivity index (χ4n) is 1.15. The molecule has 0 aliphatic carbocycles. The summed E-state index contributed by atoms with van der Waals surface area (Å²) in [6.45, 7) is 10.2. The van der Waals surface area contributed by atoms with Gasteiger partial charge in [-0.05, 0) is 26.7 Å². The number of hydrogen-bond donors (Lipinski definition) is 0. The summed E-state index contributed by atoms with van der Waals surface area (Å²) in [5.41, 5.74) is 2.40. The van der Waals surface area contributed by atoms with Gasteiger partial charge >= 0.3 is 5.97 Å². The number of carbonyl (C=O) groups excluding carboxylic acids is 1. The van der Waals surface area contributed by atoms with Crippen molar-refractivity contribution < 1.29 is 9.53 Å². The highest BCUT2D eigenvalue weighted by atomic mass is 16.5. The lowest BCUT2D eigenvalue weighted by molar-refractivity contribution is -0.143. The number of rotatable bonds is 3. The summed E-state index contributed by atoms with van der Waals surface area (Å²) in [5, 5.41) is 0. The van der Waals surface area contributed by atoms with Crippen LogP contribution in [0.15, 0.2) is 11.1 Å². The summed E-state index contributed by atoms with van der Waals surface area (Å²) in [5.74, 6) is 0.219. The number of allylic oxidation sites excluding steroid dienone is 1. The van der Waals surface area contributed by atoms with Crippen LogP contribution in [0, 0.1) is 11.8 Å². The van der Waals surface area contributed by atoms with E-state index in [9.17, 15) is 4.79 Å². The van der Waals surface area contributed by atoms with Gasteiger partial charge in [-0.2, -0.15) is 0 Å². The highest BCUT2D eigenvalue weighted by Gasteiger charge is 2.17. The van der Waals surface area contributed by atoms with E-state index in [2.05, 4.69) is 25.5 Å². The number of carbonyl (C=O) groups is 1. The Hall–Kier alpha value is -0.790. The van der Waals surface area contributed by atoms with Crippen molar-refractivity contribution in [3.8, 4) is 0 Å². The van der Waals surface area contributed by atoms with Crippen LogP contribution in [0.25, 0.3) is 0 Å². The zero-order chi connectivity index (χ0) is 10.6. The molecule has 0 radical (unpaired) electrons. The van der Waals surface area contributed by atoms with E-state index in [-0.39, 0.29) is 11.9 Å². The maximum Gasteiger partial charge on any atom is 0.312 e. The molecule has 0 amide bonds. The van der Waals surface area contributed by atoms with Crippen LogP contribution in [0.4, 0.5) is 0 Å². The molecule has 2 heteroatoms. The predicted octanol–water partition coefficient (Wildman–Crippen LogP) is 2.79. The molecule has 1 atom stereocenters. The van der Waals surface area contributed by atoms with Crippen LogP contribution < -0.4 is 0 Å². The summed E-state index contributed by atoms with van der Waals surface area (Å²) in [6, 6.07) is 0. The summed E-state index contributed by atoms with van der Waals surface area (Å²) in [7, 11) is 1.43. The first-order valence-electron chi connectivity index (χ1n) is 4.66. The van der Waals surface area contributed by atoms with Gasteiger partial charge in [0.1, 0.15) is 0 Å². The molecule has 76 valence electrons. The number of ether oxygens (including phenoxy) is 1. The average molecular weight is 184 g/mol. The molecule has 0 bridgehead atoms. The third-order valence-electron chi connectivity index (χ3n) is 2.69. The minimum Gasteiger partial charge on any atom is -0.469 e. The molecule has 0 aliphatic rings. The molecular weight excluding hydrogens is 164 g/mol. The number of methoxy groups -OCH3 is 1. The van der Waals surface area contributed by atoms with Crippen LogP contribution in [-0.4, -0.2) is 13.1 Å². The lowest BCUT2D eigenvalue weighted by Crippen LogP contribution is -2.15. The third-order valence-corrected chi connectivity index (χ3v) is 2.69. The van der Waals surface area contributed by atoms with Gasteiger partial charge in [0.15, 0.2) is 0 Å². The predicted molar refractivity (Wildman–Crippen MR) is 54.4 cm³/mol. The van der Waals surface area contributed by atoms with Crippen molar-refractivity contribution in [1.82, 2.24) is 0 Å². The Balaban J connectivity index is 4.67. The number of esters is 1. The number of hydrogen-bond acceptors (Lipinski definition) is 2. The average Bonchev–Trinajstić information content (AvgIpc) is 2.12. The molecule has 0 fully saturated rings. The minimum atomic E-state index is -0.155. The fraction of sp³-hybridized carbons (Fsp3) is 0.727. The lowest BCUT2D eigenvalue weighted by Gasteiger charge is -2.15. The Kier molecular flexibility index (Phi) is 4.74. The summed E-state index contributed by atoms with van der Waals surface area (Å²) in [6.07, 6.45) is 0. The largest absolute Gasteiger partial charge is 0.469 e. The quantitative estimate of drug-likeness (QED) is 0.498. The van der Waals surface area contributed by atoms with Gasteiger partial charge in [0.2, 0.25) is 0 Å². The summed E-state index contributed by atoms with van der Waals surface area (Å²) < 4.78 is 4.69. The van der Waals surface area contributed by atoms with Crippen LogP contribution in [0.1, 0.15) is 34.6 Å². The second-order valence-corrected chi connectivity index (χ2v) is 3.77. The van der Waals surface area contributed by atoms with Crippen molar-refractivity contribution in [3.63, 3.8) is 0 Å². The maximum atomic E-state index is 11.2. The van der Waals surface area contributed by atoms with Crippen molar-refractivity contribution in [2.24, 2.45) is 11.8 Å². The zero-order valence-electron chi connectivity index (χ0n) is 9.47. The summed E-state index contributed by atoms with van der Waals surface area (Å²) in [4.78, 5) is 11.2. The molecule has 0 heterocycles. The van der Waals surface area contributed by atoms with Gasteiger partial charge in [-0.1, -0.05) is 25.0 Å². The molecule has 0 rings (SSSR count). The molecule has 2 nitrogen and oxygen atoms in total. The maximum absolute atomic E-state index is 11.2. The Morgan fingerprint density at radius 2 is 1.54 bits per heavy atom. The van der Waals surface area contributed by atoms with Crippen molar-refractivity contribution in [2.45, 2.75) is 34.6 Å². The normalized spacial score (nSPS) is 15.3. The van der Waals surface area contributed by atoms with Crippen molar-refractivity contribution in [3.05, 3.63) is 11.1 Å². The first-order chi connectivity index (χ1) is 5.91. The Bertz CT molecular complexity index is 214. The van der Waals surface area contributed by atoms with Gasteiger partial charge in [0, 0.05) is 0 Å². The van der Waals surface area contributed by atoms with Crippen molar-refractivity contribution >= 4 is 5.97 Å². The second-order valence-electron chi connectivity index (χ2n) is 3.77. The van der Waals surface area contributed by atoms with Gasteiger partial charge in [0.25, 0.3) is 0 Å². The van der Waals surface area contributed by atoms with Crippen LogP contribution in [-0.2, 0) is 9.53 Å². The van der Waals surface area contributed by atoms with E-state index >= 15 is 0 Å². The summed E-state index contributed by atoms with van der Waals surface area (Å²) >= 11 is 0. The van der Waals surface area contributed by atoms with Crippen LogP contribution >= 0.6 is 0 Å². The Morgan fingerprint density at radius 1 is 1.08 bits per heavy atom. The molecule has 0 aromatic carbocycles. The van der Waals surface area contributed by atoms with E-state index in [1.807, 2.05) is 13.8 Å². The zero-order valence-corrected chi connectivity index (χ0v) is 9.47. The smallest absolute Gasteiger partial charge is 0.312 e. The van der Waals surface area contributed by atoms with Crippen molar-refractivity contribution in [2.75, 3.05) is 7.11 Å². The van der Waals surface area contributed by atoms with E-state index < -0.39 is 0 Å². The van der Waals surface area contributed by atoms with Gasteiger partial charge in [-0.15, -0.1) is 0 Å². The van der Waals surface area contributed by atoms with E-state index in [1.54, 1.807) is 0 Å². The molecule has 0 aliphatic heterocycles. The lowest BCUT2D eigenvalue weighted by atomic mass is 9.92. The SMILES string of the molecule is COC(=O)C(C)/C(C)=C(\C)C(C)C. The molecule has 1 unspecified atom stereocenters. The van der Waals surface area contributed by atoms with Gasteiger partial charge in [-0.25, -0.2) is 0 Å². The van der Waals surface area contributed by atoms with Crippen LogP contribution in [0.5, 0.6) is 0 Å². The van der Waals surface area contributed by atoms with Crippen molar-refractivity contribution in [1.29, 1.82) is 0 Å². The molecule has 0 saturated carbocycles. The standard InChI is InChI=1S/C11H20O2/c1-7(2)8(3)9(4)10(5)11(12)13-6/h7,10H,1-6H3/b9-8+. The Labute approximate surface area is 81.0 Å². The topological polar surface area (TPSA) is 26.3 Å². The van der Waals surface area contributed by atoms with Crippen LogP contribution in [0.3, 0.4) is 0 Å². The molecule has 0 spiro atoms. The highest BCUT2D eigenvalue weighted by molar-refractivity contribution is 5.75. The first-order valence-corrected chi connectivity index (χ1v) is 4.66. The molecule has 0 N–H and O–H groups in total. The van der Waals surface area contributed by atoms with Crippen LogP contribution in [0.2, 0.25) is 0 Å². The molecule has 13 heavy (non-hydrogen) atoms. The van der Waals surface area contributed by atoms with Gasteiger partial charge in [0.05, 0.1) is 13.0 Å². The first kappa shape index (κ1) is 12.2. The second kappa shape index (κ2) is 5.05. The highest BCUT2D eigenvalue weighted by Crippen LogP contribution is 2.21. The van der Waals surface area contributed by atoms with Gasteiger partial charge < -0.3 is 4.74 Å². The van der Waals surface area contributed by atoms with E-state index in [4.69, 9.17) is 0 Å². The molecule has 0 saturated heterocycles. The minimum absolute atomic E-state index is 0.118. The van der Waals surface area contributed by atoms with E-state index in [0.29, 0.717) is 5.92 Å². The van der Waals surface area contributed by atoms with E-state index in [0.717, 1.165) is 5.57 Å².